The van der Waals surface area contributed by atoms with Crippen LogP contribution in [-0.4, -0.2) is 32.7 Å². The number of nitrogens with one attached hydrogen (secondary N) is 1. The van der Waals surface area contributed by atoms with Crippen molar-refractivity contribution in [3.8, 4) is 11.8 Å². The number of aryl methyl sites for hydroxylation is 1. The van der Waals surface area contributed by atoms with Crippen LogP contribution < -0.4 is 10.1 Å². The molecule has 0 unspecified atom stereocenters. The van der Waals surface area contributed by atoms with Gasteiger partial charge in [-0.1, -0.05) is 35.4 Å². The zero-order chi connectivity index (χ0) is 25.0. The summed E-state index contributed by atoms with van der Waals surface area (Å²) in [6.07, 6.45) is 3.52. The first kappa shape index (κ1) is 24.7. The van der Waals surface area contributed by atoms with Crippen LogP contribution in [0.5, 0.6) is 6.01 Å². The Morgan fingerprint density at radius 1 is 1.17 bits per heavy atom. The van der Waals surface area contributed by atoms with Gasteiger partial charge in [0.15, 0.2) is 5.82 Å². The Bertz CT molecular complexity index is 1420. The van der Waals surface area contributed by atoms with Crippen molar-refractivity contribution in [2.24, 2.45) is 0 Å². The molecule has 12 heteroatoms. The fourth-order valence-electron chi connectivity index (χ4n) is 3.19. The maximum Gasteiger partial charge on any atom is 0.318 e. The molecule has 0 spiro atoms. The Morgan fingerprint density at radius 2 is 1.94 bits per heavy atom. The van der Waals surface area contributed by atoms with Crippen LogP contribution in [0.25, 0.3) is 5.82 Å². The van der Waals surface area contributed by atoms with E-state index >= 15 is 0 Å². The molecule has 2 N–H and O–H groups in total. The van der Waals surface area contributed by atoms with Crippen molar-refractivity contribution in [1.29, 1.82) is 0 Å². The van der Waals surface area contributed by atoms with E-state index in [9.17, 15) is 12.8 Å². The average Bonchev–Trinajstić information content (AvgIpc) is 3.42. The summed E-state index contributed by atoms with van der Waals surface area (Å²) in [6.45, 7) is 3.42. The molecule has 0 saturated heterocycles. The fraction of sp³-hybridized carbons (Fsp3) is 0.174. The Labute approximate surface area is 206 Å². The minimum atomic E-state index is -4.02. The quantitative estimate of drug-likeness (QED) is 0.383. The zero-order valence-corrected chi connectivity index (χ0v) is 20.1. The van der Waals surface area contributed by atoms with Gasteiger partial charge in [-0.3, -0.25) is 4.55 Å². The molecule has 0 radical (unpaired) electrons. The van der Waals surface area contributed by atoms with Gasteiger partial charge in [-0.2, -0.15) is 18.5 Å². The molecule has 1 aliphatic heterocycles. The molecule has 2 aromatic heterocycles. The smallest absolute Gasteiger partial charge is 0.318 e. The van der Waals surface area contributed by atoms with E-state index in [0.29, 0.717) is 16.4 Å². The van der Waals surface area contributed by atoms with Crippen LogP contribution in [0.4, 0.5) is 4.39 Å². The molecule has 3 heterocycles. The van der Waals surface area contributed by atoms with Crippen molar-refractivity contribution in [2.75, 3.05) is 0 Å². The lowest BCUT2D eigenvalue weighted by atomic mass is 10.2. The molecule has 4 aromatic rings. The lowest BCUT2D eigenvalue weighted by Gasteiger charge is -2.07. The first-order valence-electron chi connectivity index (χ1n) is 10.4. The average molecular weight is 518 g/mol. The molecule has 1 aliphatic rings. The van der Waals surface area contributed by atoms with Gasteiger partial charge >= 0.3 is 6.01 Å². The van der Waals surface area contributed by atoms with E-state index in [4.69, 9.17) is 20.9 Å². The Morgan fingerprint density at radius 3 is 2.63 bits per heavy atom. The Kier molecular flexibility index (Phi) is 7.41. The monoisotopic (exact) mass is 517 g/mol. The predicted octanol–water partition coefficient (Wildman–Crippen LogP) is 3.88. The third-order valence-corrected chi connectivity index (χ3v) is 6.13. The number of benzene rings is 2. The van der Waals surface area contributed by atoms with Gasteiger partial charge in [0, 0.05) is 47.7 Å². The summed E-state index contributed by atoms with van der Waals surface area (Å²) in [5.74, 6) is 0.181. The standard InChI is InChI=1S/C16H13ClFN5O.C7H8O3S/c17-12-2-1-10(13(18)5-12)9-24-16-20-4-3-15(21-16)23-8-11-6-19-7-14(11)22-23;1-6-2-4-7(5-3-6)11(8,9)10/h1-5,8,19H,6-7,9H2;2-5H,1H3,(H,8,9,10). The highest BCUT2D eigenvalue weighted by Gasteiger charge is 2.16. The number of fused-ring (bicyclic) bond motifs is 1. The largest absolute Gasteiger partial charge is 0.458 e. The molecule has 0 saturated carbocycles. The van der Waals surface area contributed by atoms with Gasteiger partial charge in [0.2, 0.25) is 0 Å². The van der Waals surface area contributed by atoms with Crippen LogP contribution in [0.15, 0.2) is 65.8 Å². The van der Waals surface area contributed by atoms with Gasteiger partial charge in [0.05, 0.1) is 10.6 Å². The van der Waals surface area contributed by atoms with Crippen molar-refractivity contribution in [3.63, 3.8) is 0 Å². The predicted molar refractivity (Wildman–Crippen MR) is 126 cm³/mol. The minimum absolute atomic E-state index is 0.0198. The molecule has 0 aliphatic carbocycles. The van der Waals surface area contributed by atoms with Gasteiger partial charge < -0.3 is 10.1 Å². The number of hydrogen-bond acceptors (Lipinski definition) is 7. The third kappa shape index (κ3) is 6.40. The third-order valence-electron chi connectivity index (χ3n) is 5.03. The second-order valence-corrected chi connectivity index (χ2v) is 9.52. The summed E-state index contributed by atoms with van der Waals surface area (Å²) in [5.41, 5.74) is 3.51. The number of halogens is 2. The van der Waals surface area contributed by atoms with E-state index < -0.39 is 15.9 Å². The van der Waals surface area contributed by atoms with E-state index in [-0.39, 0.29) is 17.5 Å². The number of nitrogens with zero attached hydrogens (tertiary/aromatic N) is 4. The van der Waals surface area contributed by atoms with Crippen LogP contribution in [0, 0.1) is 12.7 Å². The molecular weight excluding hydrogens is 497 g/mol. The highest BCUT2D eigenvalue weighted by atomic mass is 35.5. The van der Waals surface area contributed by atoms with E-state index in [1.165, 1.54) is 18.2 Å². The Balaban J connectivity index is 0.000000221. The van der Waals surface area contributed by atoms with Gasteiger partial charge in [-0.15, -0.1) is 0 Å². The molecular formula is C23H21ClFN5O4S. The van der Waals surface area contributed by atoms with Gasteiger partial charge in [0.1, 0.15) is 12.4 Å². The van der Waals surface area contributed by atoms with Crippen molar-refractivity contribution < 1.29 is 22.1 Å². The first-order valence-corrected chi connectivity index (χ1v) is 12.2. The summed E-state index contributed by atoms with van der Waals surface area (Å²) in [6, 6.07) is 12.3. The summed E-state index contributed by atoms with van der Waals surface area (Å²) in [5, 5.41) is 8.05. The van der Waals surface area contributed by atoms with Gasteiger partial charge in [0.25, 0.3) is 10.1 Å². The first-order chi connectivity index (χ1) is 16.7. The van der Waals surface area contributed by atoms with E-state index in [0.717, 1.165) is 29.9 Å². The van der Waals surface area contributed by atoms with Crippen LogP contribution in [0.3, 0.4) is 0 Å². The van der Waals surface area contributed by atoms with Crippen LogP contribution >= 0.6 is 11.6 Å². The van der Waals surface area contributed by atoms with E-state index in [2.05, 4.69) is 20.4 Å². The van der Waals surface area contributed by atoms with E-state index in [1.807, 2.05) is 13.1 Å². The molecule has 0 fully saturated rings. The highest BCUT2D eigenvalue weighted by molar-refractivity contribution is 7.85. The number of aromatic nitrogens is 4. The SMILES string of the molecule is Cc1ccc(S(=O)(=O)O)cc1.Fc1cc(Cl)ccc1COc1nccc(-n2cc3c(n2)CNC3)n1. The highest BCUT2D eigenvalue weighted by Crippen LogP contribution is 2.18. The number of ether oxygens (including phenoxy) is 1. The van der Waals surface area contributed by atoms with Crippen molar-refractivity contribution in [1.82, 2.24) is 25.1 Å². The molecule has 35 heavy (non-hydrogen) atoms. The summed E-state index contributed by atoms with van der Waals surface area (Å²) >= 11 is 5.73. The second-order valence-electron chi connectivity index (χ2n) is 7.66. The number of hydrogen-bond donors (Lipinski definition) is 2. The van der Waals surface area contributed by atoms with Crippen LogP contribution in [-0.2, 0) is 29.8 Å². The summed E-state index contributed by atoms with van der Waals surface area (Å²) in [7, 11) is -4.02. The number of rotatable bonds is 5. The molecule has 0 bridgehead atoms. The van der Waals surface area contributed by atoms with Gasteiger partial charge in [-0.05, 0) is 31.2 Å². The lowest BCUT2D eigenvalue weighted by Crippen LogP contribution is -2.07. The summed E-state index contributed by atoms with van der Waals surface area (Å²) < 4.78 is 50.5. The second kappa shape index (κ2) is 10.5. The molecule has 182 valence electrons. The maximum absolute atomic E-state index is 13.8. The van der Waals surface area contributed by atoms with Crippen molar-refractivity contribution in [2.45, 2.75) is 31.5 Å². The zero-order valence-electron chi connectivity index (χ0n) is 18.5. The topological polar surface area (TPSA) is 119 Å². The fourth-order valence-corrected chi connectivity index (χ4v) is 3.83. The normalized spacial score (nSPS) is 12.6. The maximum atomic E-state index is 13.8. The minimum Gasteiger partial charge on any atom is -0.458 e. The lowest BCUT2D eigenvalue weighted by molar-refractivity contribution is 0.275. The van der Waals surface area contributed by atoms with Crippen LogP contribution in [0.1, 0.15) is 22.4 Å². The van der Waals surface area contributed by atoms with E-state index in [1.54, 1.807) is 41.2 Å². The Hall–Kier alpha value is -3.38. The van der Waals surface area contributed by atoms with Gasteiger partial charge in [-0.25, -0.2) is 14.1 Å². The van der Waals surface area contributed by atoms with Crippen molar-refractivity contribution in [3.05, 3.63) is 94.1 Å². The molecule has 9 nitrogen and oxygen atoms in total. The summed E-state index contributed by atoms with van der Waals surface area (Å²) in [4.78, 5) is 8.31. The molecule has 0 amide bonds. The molecule has 2 aromatic carbocycles. The van der Waals surface area contributed by atoms with Crippen LogP contribution in [0.2, 0.25) is 5.02 Å². The molecule has 5 rings (SSSR count). The van der Waals surface area contributed by atoms with Crippen molar-refractivity contribution >= 4 is 21.7 Å². The molecule has 0 atom stereocenters.